The summed E-state index contributed by atoms with van der Waals surface area (Å²) in [5.74, 6) is 2.38. The van der Waals surface area contributed by atoms with Gasteiger partial charge >= 0.3 is 0 Å². The van der Waals surface area contributed by atoms with Gasteiger partial charge in [-0.3, -0.25) is 5.10 Å². The molecule has 0 saturated carbocycles. The predicted molar refractivity (Wildman–Crippen MR) is 141 cm³/mol. The minimum atomic E-state index is -0.258. The predicted octanol–water partition coefficient (Wildman–Crippen LogP) is 6.50. The van der Waals surface area contributed by atoms with Crippen molar-refractivity contribution in [2.24, 2.45) is 10.2 Å². The van der Waals surface area contributed by atoms with E-state index in [0.29, 0.717) is 29.8 Å². The fourth-order valence-electron chi connectivity index (χ4n) is 4.18. The highest BCUT2D eigenvalue weighted by atomic mass is 17.2. The molecule has 4 rings (SSSR count). The molecular weight excluding hydrogens is 470 g/mol. The molecule has 4 aromatic heterocycles. The number of nitrogens with one attached hydrogen (secondary N) is 1. The maximum Gasteiger partial charge on any atom is 0.185 e. The molecule has 4 aromatic rings. The van der Waals surface area contributed by atoms with E-state index in [9.17, 15) is 0 Å². The summed E-state index contributed by atoms with van der Waals surface area (Å²) < 4.78 is 3.55. The molecule has 0 radical (unpaired) electrons. The van der Waals surface area contributed by atoms with Crippen LogP contribution in [0.2, 0.25) is 0 Å². The number of H-pyrrole nitrogens is 1. The van der Waals surface area contributed by atoms with E-state index in [0.717, 1.165) is 48.4 Å². The maximum absolute atomic E-state index is 5.31. The molecule has 0 spiro atoms. The van der Waals surface area contributed by atoms with Crippen molar-refractivity contribution in [3.05, 3.63) is 47.7 Å². The van der Waals surface area contributed by atoms with Crippen molar-refractivity contribution in [3.63, 3.8) is 0 Å². The maximum atomic E-state index is 5.31. The largest absolute Gasteiger partial charge is 0.258 e. The van der Waals surface area contributed by atoms with Crippen LogP contribution in [0.15, 0.2) is 40.8 Å². The zero-order valence-electron chi connectivity index (χ0n) is 22.6. The van der Waals surface area contributed by atoms with Gasteiger partial charge in [0.15, 0.2) is 28.8 Å². The summed E-state index contributed by atoms with van der Waals surface area (Å²) in [5.41, 5.74) is 2.69. The van der Waals surface area contributed by atoms with Crippen LogP contribution >= 0.6 is 0 Å². The third kappa shape index (κ3) is 5.78. The van der Waals surface area contributed by atoms with Crippen molar-refractivity contribution in [2.45, 2.75) is 85.2 Å². The Morgan fingerprint density at radius 1 is 1.11 bits per heavy atom. The highest BCUT2D eigenvalue weighted by Crippen LogP contribution is 2.37. The first-order valence-electron chi connectivity index (χ1n) is 13.0. The highest BCUT2D eigenvalue weighted by Gasteiger charge is 2.28. The molecule has 0 aliphatic carbocycles. The van der Waals surface area contributed by atoms with E-state index in [1.807, 2.05) is 29.6 Å². The standard InChI is InChI=1S/C26H37N9O2/c1-7-10-13-18(8-2)23-31-32-25-21(22(26(4,5)6)33-35(23)25)29-30-24-19(17-37-36-9-3)16-28-34(24)20-14-11-12-15-27-20/h11-12,14-16,18,32H,7-10,13,17H2,1-6H3/b30-29+. The summed E-state index contributed by atoms with van der Waals surface area (Å²) >= 11 is 0. The van der Waals surface area contributed by atoms with Gasteiger partial charge in [0.25, 0.3) is 0 Å². The Labute approximate surface area is 217 Å². The highest BCUT2D eigenvalue weighted by molar-refractivity contribution is 5.68. The number of fused-ring (bicyclic) bond motifs is 1. The Hall–Kier alpha value is -3.44. The van der Waals surface area contributed by atoms with Crippen molar-refractivity contribution >= 4 is 17.2 Å². The van der Waals surface area contributed by atoms with E-state index in [2.05, 4.69) is 60.0 Å². The molecule has 0 bridgehead atoms. The zero-order chi connectivity index (χ0) is 26.4. The van der Waals surface area contributed by atoms with Gasteiger partial charge in [0, 0.05) is 23.1 Å². The molecule has 37 heavy (non-hydrogen) atoms. The molecule has 1 atom stereocenters. The van der Waals surface area contributed by atoms with Gasteiger partial charge in [0.05, 0.1) is 18.5 Å². The SMILES string of the molecule is CCCCC(CC)c1n[nH]c2c(/N=N/c3c(COOCC)cnn3-c3ccccn3)c(C(C)(C)C)nn12. The Balaban J connectivity index is 1.80. The molecule has 0 aromatic carbocycles. The first-order chi connectivity index (χ1) is 17.9. The first kappa shape index (κ1) is 26.6. The van der Waals surface area contributed by atoms with Gasteiger partial charge < -0.3 is 0 Å². The van der Waals surface area contributed by atoms with E-state index in [4.69, 9.17) is 20.0 Å². The molecule has 0 amide bonds. The minimum Gasteiger partial charge on any atom is -0.258 e. The third-order valence-electron chi connectivity index (χ3n) is 6.17. The molecule has 0 aliphatic rings. The normalized spacial score (nSPS) is 13.2. The first-order valence-corrected chi connectivity index (χ1v) is 13.0. The summed E-state index contributed by atoms with van der Waals surface area (Å²) in [6, 6.07) is 5.61. The van der Waals surface area contributed by atoms with Crippen molar-refractivity contribution in [1.29, 1.82) is 0 Å². The molecule has 1 unspecified atom stereocenters. The number of hydrogen-bond acceptors (Lipinski definition) is 8. The summed E-state index contributed by atoms with van der Waals surface area (Å²) in [6.45, 7) is 13.2. The van der Waals surface area contributed by atoms with Gasteiger partial charge in [0.1, 0.15) is 6.61 Å². The van der Waals surface area contributed by atoms with Gasteiger partial charge in [-0.05, 0) is 31.9 Å². The monoisotopic (exact) mass is 507 g/mol. The summed E-state index contributed by atoms with van der Waals surface area (Å²) in [5, 5.41) is 26.7. The van der Waals surface area contributed by atoms with Gasteiger partial charge in [-0.2, -0.15) is 24.5 Å². The summed E-state index contributed by atoms with van der Waals surface area (Å²) in [7, 11) is 0. The molecule has 11 heteroatoms. The van der Waals surface area contributed by atoms with E-state index in [1.54, 1.807) is 17.1 Å². The van der Waals surface area contributed by atoms with Crippen LogP contribution in [0.4, 0.5) is 11.5 Å². The average molecular weight is 508 g/mol. The Bertz CT molecular complexity index is 1320. The fraction of sp³-hybridized carbons (Fsp3) is 0.538. The number of rotatable bonds is 12. The van der Waals surface area contributed by atoms with Crippen LogP contribution < -0.4 is 0 Å². The van der Waals surface area contributed by atoms with E-state index in [-0.39, 0.29) is 12.0 Å². The topological polar surface area (TPSA) is 120 Å². The van der Waals surface area contributed by atoms with Crippen LogP contribution in [-0.4, -0.2) is 41.2 Å². The molecule has 1 N–H and O–H groups in total. The smallest absolute Gasteiger partial charge is 0.185 e. The van der Waals surface area contributed by atoms with Gasteiger partial charge in [-0.15, -0.1) is 10.2 Å². The number of unbranched alkanes of at least 4 members (excludes halogenated alkanes) is 1. The van der Waals surface area contributed by atoms with Crippen molar-refractivity contribution < 1.29 is 9.78 Å². The van der Waals surface area contributed by atoms with Crippen molar-refractivity contribution in [3.8, 4) is 5.82 Å². The Morgan fingerprint density at radius 2 is 1.95 bits per heavy atom. The second-order valence-electron chi connectivity index (χ2n) is 10.00. The van der Waals surface area contributed by atoms with Gasteiger partial charge in [-0.1, -0.05) is 53.5 Å². The van der Waals surface area contributed by atoms with Crippen LogP contribution in [0, 0.1) is 0 Å². The number of aromatic nitrogens is 7. The van der Waals surface area contributed by atoms with Gasteiger partial charge in [-0.25, -0.2) is 14.8 Å². The van der Waals surface area contributed by atoms with Crippen LogP contribution in [-0.2, 0) is 21.8 Å². The van der Waals surface area contributed by atoms with Crippen LogP contribution in [0.5, 0.6) is 0 Å². The van der Waals surface area contributed by atoms with Crippen LogP contribution in [0.25, 0.3) is 11.5 Å². The Morgan fingerprint density at radius 3 is 2.62 bits per heavy atom. The summed E-state index contributed by atoms with van der Waals surface area (Å²) in [6.07, 6.45) is 7.76. The number of azo groups is 1. The number of nitrogens with zero attached hydrogens (tertiary/aromatic N) is 8. The Kier molecular flexibility index (Phi) is 8.45. The molecule has 0 aliphatic heterocycles. The second-order valence-corrected chi connectivity index (χ2v) is 10.00. The molecule has 0 fully saturated rings. The number of hydrogen-bond donors (Lipinski definition) is 1. The zero-order valence-corrected chi connectivity index (χ0v) is 22.6. The lowest BCUT2D eigenvalue weighted by molar-refractivity contribution is -0.300. The van der Waals surface area contributed by atoms with E-state index in [1.165, 1.54) is 0 Å². The van der Waals surface area contributed by atoms with Crippen molar-refractivity contribution in [2.75, 3.05) is 6.61 Å². The third-order valence-corrected chi connectivity index (χ3v) is 6.17. The number of aromatic amines is 1. The molecule has 198 valence electrons. The lowest BCUT2D eigenvalue weighted by atomic mass is 9.91. The molecule has 11 nitrogen and oxygen atoms in total. The lowest BCUT2D eigenvalue weighted by Gasteiger charge is -2.15. The molecule has 4 heterocycles. The second kappa shape index (κ2) is 11.7. The van der Waals surface area contributed by atoms with Crippen LogP contribution in [0.3, 0.4) is 0 Å². The fourth-order valence-corrected chi connectivity index (χ4v) is 4.18. The average Bonchev–Trinajstić information content (AvgIpc) is 3.58. The van der Waals surface area contributed by atoms with Crippen molar-refractivity contribution in [1.82, 2.24) is 34.6 Å². The van der Waals surface area contributed by atoms with E-state index < -0.39 is 0 Å². The minimum absolute atomic E-state index is 0.175. The van der Waals surface area contributed by atoms with Crippen LogP contribution in [0.1, 0.15) is 90.2 Å². The lowest BCUT2D eigenvalue weighted by Crippen LogP contribution is -2.13. The molecule has 0 saturated heterocycles. The van der Waals surface area contributed by atoms with E-state index >= 15 is 0 Å². The summed E-state index contributed by atoms with van der Waals surface area (Å²) in [4.78, 5) is 14.8. The quantitative estimate of drug-likeness (QED) is 0.101. The molecular formula is C26H37N9O2. The van der Waals surface area contributed by atoms with Gasteiger partial charge in [0.2, 0.25) is 0 Å². The number of pyridine rings is 1.